The number of hydrogen-bond donors (Lipinski definition) is 2. The number of nitrogens with one attached hydrogen (secondary N) is 2. The second-order valence-electron chi connectivity index (χ2n) is 18.6. The lowest BCUT2D eigenvalue weighted by Gasteiger charge is -2.39. The van der Waals surface area contributed by atoms with Crippen molar-refractivity contribution in [3.05, 3.63) is 117 Å². The van der Waals surface area contributed by atoms with Gasteiger partial charge in [0.2, 0.25) is 0 Å². The third-order valence-corrected chi connectivity index (χ3v) is 15.1. The summed E-state index contributed by atoms with van der Waals surface area (Å²) in [6.07, 6.45) is 8.85. The van der Waals surface area contributed by atoms with Gasteiger partial charge in [-0.15, -0.1) is 0 Å². The van der Waals surface area contributed by atoms with Gasteiger partial charge in [0.05, 0.1) is 33.7 Å². The van der Waals surface area contributed by atoms with Gasteiger partial charge in [-0.25, -0.2) is 18.1 Å². The fourth-order valence-corrected chi connectivity index (χ4v) is 10.9. The first-order valence-corrected chi connectivity index (χ1v) is 23.9. The Morgan fingerprint density at radius 2 is 1.78 bits per heavy atom. The summed E-state index contributed by atoms with van der Waals surface area (Å²) in [5, 5.41) is 13.9. The van der Waals surface area contributed by atoms with E-state index in [4.69, 9.17) is 21.1 Å². The Hall–Kier alpha value is -5.48. The number of allylic oxidation sites excluding steroid dienone is 1. The molecule has 9 rings (SSSR count). The first-order valence-electron chi connectivity index (χ1n) is 22.1. The highest BCUT2D eigenvalue weighted by Crippen LogP contribution is 2.44. The zero-order valence-electron chi connectivity index (χ0n) is 36.4. The molecule has 16 heteroatoms. The monoisotopic (exact) mass is 907 g/mol. The van der Waals surface area contributed by atoms with Crippen LogP contribution in [0.25, 0.3) is 16.6 Å². The summed E-state index contributed by atoms with van der Waals surface area (Å²) in [4.78, 5) is 40.0. The van der Waals surface area contributed by atoms with Gasteiger partial charge in [0, 0.05) is 79.1 Å². The van der Waals surface area contributed by atoms with E-state index in [-0.39, 0.29) is 34.1 Å². The third kappa shape index (κ3) is 9.49. The minimum Gasteiger partial charge on any atom is -0.493 e. The van der Waals surface area contributed by atoms with E-state index >= 15 is 0 Å². The van der Waals surface area contributed by atoms with E-state index < -0.39 is 25.7 Å². The van der Waals surface area contributed by atoms with E-state index in [1.807, 2.05) is 18.2 Å². The zero-order chi connectivity index (χ0) is 44.8. The number of likely N-dealkylation sites (tertiary alicyclic amines) is 1. The van der Waals surface area contributed by atoms with Crippen molar-refractivity contribution in [1.82, 2.24) is 24.5 Å². The van der Waals surface area contributed by atoms with Crippen LogP contribution >= 0.6 is 11.6 Å². The number of fused-ring (bicyclic) bond motifs is 2. The number of piperidine rings is 1. The lowest BCUT2D eigenvalue weighted by atomic mass is 9.72. The number of aromatic nitrogens is 2. The van der Waals surface area contributed by atoms with Crippen LogP contribution in [0.4, 0.5) is 11.4 Å². The molecule has 0 bridgehead atoms. The molecular weight excluding hydrogens is 854 g/mol. The molecule has 2 aromatic heterocycles. The SMILES string of the molecule is CN1CCC([C@@H]2COc3cc(S(=O)(=O)NC(=O)c4ccc(N5CCN(CC6=C(c7ccc(Cl)cc7)CC(C)(C)CC6)CC5)cc4Oc4cnc5[nH]ccc5c4)cc([N+](=O)[O-])c3C2)CC1. The second-order valence-corrected chi connectivity index (χ2v) is 20.7. The van der Waals surface area contributed by atoms with Crippen molar-refractivity contribution in [3.63, 3.8) is 0 Å². The van der Waals surface area contributed by atoms with Crippen LogP contribution in [-0.2, 0) is 16.4 Å². The van der Waals surface area contributed by atoms with Crippen LogP contribution in [0.5, 0.6) is 17.2 Å². The van der Waals surface area contributed by atoms with Crippen molar-refractivity contribution in [2.45, 2.75) is 57.3 Å². The summed E-state index contributed by atoms with van der Waals surface area (Å²) in [6.45, 7) is 10.9. The highest BCUT2D eigenvalue weighted by atomic mass is 35.5. The van der Waals surface area contributed by atoms with Crippen LogP contribution in [0.15, 0.2) is 89.6 Å². The van der Waals surface area contributed by atoms with Gasteiger partial charge in [0.15, 0.2) is 0 Å². The molecule has 2 fully saturated rings. The molecule has 336 valence electrons. The van der Waals surface area contributed by atoms with Crippen LogP contribution in [0.3, 0.4) is 0 Å². The molecule has 2 N–H and O–H groups in total. The van der Waals surface area contributed by atoms with Crippen LogP contribution in [-0.4, -0.2) is 98.5 Å². The number of sulfonamides is 1. The maximum absolute atomic E-state index is 14.1. The van der Waals surface area contributed by atoms with Gasteiger partial charge in [-0.1, -0.05) is 43.2 Å². The molecule has 5 aromatic rings. The highest BCUT2D eigenvalue weighted by molar-refractivity contribution is 7.90. The van der Waals surface area contributed by atoms with E-state index in [9.17, 15) is 23.3 Å². The molecule has 14 nitrogen and oxygen atoms in total. The number of benzene rings is 3. The quantitative estimate of drug-likeness (QED) is 0.0963. The van der Waals surface area contributed by atoms with Crippen LogP contribution in [0.1, 0.15) is 67.4 Å². The molecule has 0 spiro atoms. The number of carbonyl (C=O) groups is 1. The third-order valence-electron chi connectivity index (χ3n) is 13.6. The smallest absolute Gasteiger partial charge is 0.277 e. The summed E-state index contributed by atoms with van der Waals surface area (Å²) in [5.74, 6) is 0.118. The van der Waals surface area contributed by atoms with Crippen molar-refractivity contribution in [1.29, 1.82) is 0 Å². The number of hydrogen-bond acceptors (Lipinski definition) is 11. The minimum absolute atomic E-state index is 0.0355. The summed E-state index contributed by atoms with van der Waals surface area (Å²) >= 11 is 6.25. The van der Waals surface area contributed by atoms with Gasteiger partial charge in [0.25, 0.3) is 21.6 Å². The normalized spacial score (nSPS) is 19.9. The number of piperazine rings is 1. The minimum atomic E-state index is -4.61. The summed E-state index contributed by atoms with van der Waals surface area (Å²) in [7, 11) is -2.53. The molecule has 1 aliphatic carbocycles. The fourth-order valence-electron chi connectivity index (χ4n) is 9.79. The number of amides is 1. The number of nitro benzene ring substituents is 1. The maximum atomic E-state index is 14.1. The van der Waals surface area contributed by atoms with Crippen molar-refractivity contribution in [2.24, 2.45) is 17.3 Å². The number of aromatic amines is 1. The van der Waals surface area contributed by atoms with Crippen LogP contribution < -0.4 is 19.1 Å². The number of pyridine rings is 1. The predicted octanol–water partition coefficient (Wildman–Crippen LogP) is 8.71. The summed E-state index contributed by atoms with van der Waals surface area (Å²) in [6, 6.07) is 19.2. The van der Waals surface area contributed by atoms with Crippen LogP contribution in [0.2, 0.25) is 5.02 Å². The standard InChI is InChI=1S/C48H54ClN7O7S/c1-48(2)14-10-34(42(27-48)32-4-6-36(49)7-5-32)29-54-18-20-55(21-19-54)37-8-9-40(45(24-37)63-38-22-33-11-15-50-46(33)51-28-38)47(57)52-64(60,61)39-25-43(56(58)59)41-23-35(30-62-44(41)26-39)31-12-16-53(3)17-13-31/h4-9,11,15,22,24-26,28,31,35H,10,12-14,16-21,23,27,29-30H2,1-3H3,(H,50,51)(H,52,57)/t35-/m0/s1. The highest BCUT2D eigenvalue weighted by Gasteiger charge is 2.36. The maximum Gasteiger partial charge on any atom is 0.277 e. The number of rotatable bonds is 11. The average Bonchev–Trinajstić information content (AvgIpc) is 3.75. The molecule has 1 atom stereocenters. The van der Waals surface area contributed by atoms with Crippen LogP contribution in [0, 0.1) is 27.4 Å². The Labute approximate surface area is 378 Å². The van der Waals surface area contributed by atoms with Gasteiger partial charge in [0.1, 0.15) is 22.9 Å². The number of halogens is 1. The molecule has 2 saturated heterocycles. The molecule has 0 saturated carbocycles. The predicted molar refractivity (Wildman–Crippen MR) is 248 cm³/mol. The molecule has 3 aromatic carbocycles. The summed E-state index contributed by atoms with van der Waals surface area (Å²) < 4.78 is 42.5. The Morgan fingerprint density at radius 3 is 2.53 bits per heavy atom. The van der Waals surface area contributed by atoms with E-state index in [0.29, 0.717) is 35.9 Å². The number of nitro groups is 1. The van der Waals surface area contributed by atoms with Crippen molar-refractivity contribution < 1.29 is 27.6 Å². The summed E-state index contributed by atoms with van der Waals surface area (Å²) in [5.41, 5.74) is 5.81. The van der Waals surface area contributed by atoms with Gasteiger partial charge >= 0.3 is 0 Å². The number of carbonyl (C=O) groups excluding carboxylic acids is 1. The number of nitrogens with zero attached hydrogens (tertiary/aromatic N) is 5. The molecule has 0 radical (unpaired) electrons. The molecule has 5 heterocycles. The van der Waals surface area contributed by atoms with Crippen molar-refractivity contribution >= 4 is 55.5 Å². The Bertz CT molecular complexity index is 2720. The van der Waals surface area contributed by atoms with Gasteiger partial charge in [-0.3, -0.25) is 19.8 Å². The number of anilines is 1. The van der Waals surface area contributed by atoms with E-state index in [1.54, 1.807) is 30.5 Å². The molecule has 0 unspecified atom stereocenters. The lowest BCUT2D eigenvalue weighted by Crippen LogP contribution is -2.47. The number of ether oxygens (including phenoxy) is 2. The first-order chi connectivity index (χ1) is 30.7. The van der Waals surface area contributed by atoms with E-state index in [2.05, 4.69) is 62.4 Å². The Kier molecular flexibility index (Phi) is 12.2. The average molecular weight is 909 g/mol. The van der Waals surface area contributed by atoms with Crippen molar-refractivity contribution in [2.75, 3.05) is 64.4 Å². The van der Waals surface area contributed by atoms with Crippen molar-refractivity contribution in [3.8, 4) is 17.2 Å². The van der Waals surface area contributed by atoms with Gasteiger partial charge < -0.3 is 24.3 Å². The first kappa shape index (κ1) is 43.8. The lowest BCUT2D eigenvalue weighted by molar-refractivity contribution is -0.386. The molecular formula is C48H54ClN7O7S. The van der Waals surface area contributed by atoms with E-state index in [1.165, 1.54) is 29.0 Å². The topological polar surface area (TPSA) is 163 Å². The molecule has 4 aliphatic rings. The number of H-pyrrole nitrogens is 1. The Balaban J connectivity index is 0.943. The van der Waals surface area contributed by atoms with Gasteiger partial charge in [-0.2, -0.15) is 0 Å². The van der Waals surface area contributed by atoms with E-state index in [0.717, 1.165) is 100 Å². The largest absolute Gasteiger partial charge is 0.493 e. The molecule has 64 heavy (non-hydrogen) atoms. The zero-order valence-corrected chi connectivity index (χ0v) is 38.0. The Morgan fingerprint density at radius 1 is 1.02 bits per heavy atom. The fraction of sp³-hybridized carbons (Fsp3) is 0.417. The molecule has 3 aliphatic heterocycles. The van der Waals surface area contributed by atoms with Gasteiger partial charge in [-0.05, 0) is 118 Å². The second kappa shape index (κ2) is 17.8. The molecule has 1 amide bonds.